The van der Waals surface area contributed by atoms with Crippen molar-refractivity contribution >= 4 is 17.5 Å². The van der Waals surface area contributed by atoms with Gasteiger partial charge in [0.25, 0.3) is 5.91 Å². The number of hydrogen-bond acceptors (Lipinski definition) is 6. The van der Waals surface area contributed by atoms with Crippen molar-refractivity contribution in [1.82, 2.24) is 19.9 Å². The predicted molar refractivity (Wildman–Crippen MR) is 122 cm³/mol. The number of likely N-dealkylation sites (tertiary alicyclic amines) is 1. The molecule has 164 valence electrons. The lowest BCUT2D eigenvalue weighted by Crippen LogP contribution is -2.38. The van der Waals surface area contributed by atoms with Crippen LogP contribution in [0, 0.1) is 6.92 Å². The fourth-order valence-corrected chi connectivity index (χ4v) is 4.50. The Morgan fingerprint density at radius 3 is 2.75 bits per heavy atom. The van der Waals surface area contributed by atoms with Crippen LogP contribution in [0.1, 0.15) is 53.0 Å². The van der Waals surface area contributed by atoms with E-state index in [9.17, 15) is 4.79 Å². The van der Waals surface area contributed by atoms with Gasteiger partial charge in [0.05, 0.1) is 11.9 Å². The van der Waals surface area contributed by atoms with Gasteiger partial charge >= 0.3 is 0 Å². The van der Waals surface area contributed by atoms with Crippen molar-refractivity contribution < 1.29 is 9.53 Å². The number of anilines is 2. The number of carbonyl (C=O) groups is 1. The summed E-state index contributed by atoms with van der Waals surface area (Å²) in [6.07, 6.45) is 6.33. The number of benzene rings is 1. The summed E-state index contributed by atoms with van der Waals surface area (Å²) in [5.74, 6) is 2.73. The van der Waals surface area contributed by atoms with Gasteiger partial charge in [-0.15, -0.1) is 0 Å². The zero-order valence-electron chi connectivity index (χ0n) is 18.4. The van der Waals surface area contributed by atoms with E-state index in [2.05, 4.69) is 22.2 Å². The molecule has 0 saturated carbocycles. The summed E-state index contributed by atoms with van der Waals surface area (Å²) in [7, 11) is 0. The average Bonchev–Trinajstić information content (AvgIpc) is 3.18. The first-order chi connectivity index (χ1) is 15.5. The monoisotopic (exact) mass is 429 g/mol. The second-order valence-electron chi connectivity index (χ2n) is 8.64. The van der Waals surface area contributed by atoms with E-state index >= 15 is 0 Å². The Morgan fingerprint density at radius 1 is 1.09 bits per heavy atom. The summed E-state index contributed by atoms with van der Waals surface area (Å²) in [5.41, 5.74) is 3.78. The Labute approximate surface area is 187 Å². The lowest BCUT2D eigenvalue weighted by molar-refractivity contribution is 0.0712. The summed E-state index contributed by atoms with van der Waals surface area (Å²) in [4.78, 5) is 28.6. The molecule has 1 amide bonds. The second kappa shape index (κ2) is 8.57. The van der Waals surface area contributed by atoms with E-state index in [-0.39, 0.29) is 17.9 Å². The maximum absolute atomic E-state index is 13.0. The molecule has 0 bridgehead atoms. The first-order valence-electron chi connectivity index (χ1n) is 11.2. The molecular formula is C25H27N5O2. The van der Waals surface area contributed by atoms with E-state index in [1.807, 2.05) is 54.4 Å². The van der Waals surface area contributed by atoms with Crippen LogP contribution in [0.15, 0.2) is 48.8 Å². The molecule has 5 rings (SSSR count). The van der Waals surface area contributed by atoms with Crippen molar-refractivity contribution in [2.75, 3.05) is 18.4 Å². The number of rotatable bonds is 4. The van der Waals surface area contributed by atoms with Crippen molar-refractivity contribution in [2.24, 2.45) is 0 Å². The van der Waals surface area contributed by atoms with Crippen LogP contribution in [-0.4, -0.2) is 45.0 Å². The van der Waals surface area contributed by atoms with Crippen LogP contribution in [0.3, 0.4) is 0 Å². The van der Waals surface area contributed by atoms with E-state index in [0.29, 0.717) is 18.9 Å². The Kier molecular flexibility index (Phi) is 5.47. The van der Waals surface area contributed by atoms with Crippen LogP contribution < -0.4 is 10.1 Å². The normalized spacial score (nSPS) is 18.2. The minimum atomic E-state index is 0.0952. The van der Waals surface area contributed by atoms with E-state index in [4.69, 9.17) is 9.72 Å². The van der Waals surface area contributed by atoms with Gasteiger partial charge in [-0.2, -0.15) is 0 Å². The number of pyridine rings is 1. The number of nitrogens with zero attached hydrogens (tertiary/aromatic N) is 4. The molecule has 32 heavy (non-hydrogen) atoms. The highest BCUT2D eigenvalue weighted by Gasteiger charge is 2.27. The quantitative estimate of drug-likeness (QED) is 0.667. The number of amides is 1. The van der Waals surface area contributed by atoms with Gasteiger partial charge in [0.15, 0.2) is 0 Å². The van der Waals surface area contributed by atoms with Crippen LogP contribution in [0.4, 0.5) is 11.6 Å². The number of nitrogens with one attached hydrogen (secondary N) is 1. The zero-order chi connectivity index (χ0) is 22.1. The summed E-state index contributed by atoms with van der Waals surface area (Å²) < 4.78 is 5.76. The SMILES string of the molecule is Cc1cccc(Nc2cncc(C3CCN(C(=O)c4ccc5c(c4)CC(C)O5)CC3)n2)n1. The molecular weight excluding hydrogens is 402 g/mol. The minimum absolute atomic E-state index is 0.0952. The van der Waals surface area contributed by atoms with Crippen molar-refractivity contribution in [2.45, 2.75) is 45.1 Å². The Hall–Kier alpha value is -3.48. The molecule has 2 aromatic heterocycles. The molecule has 0 radical (unpaired) electrons. The first-order valence-corrected chi connectivity index (χ1v) is 11.2. The molecule has 7 nitrogen and oxygen atoms in total. The first kappa shape index (κ1) is 20.4. The van der Waals surface area contributed by atoms with Crippen LogP contribution in [0.25, 0.3) is 0 Å². The number of ether oxygens (including phenoxy) is 1. The highest BCUT2D eigenvalue weighted by molar-refractivity contribution is 5.94. The third-order valence-electron chi connectivity index (χ3n) is 6.14. The maximum atomic E-state index is 13.0. The molecule has 1 fully saturated rings. The molecule has 2 aliphatic rings. The molecule has 4 heterocycles. The molecule has 1 aromatic carbocycles. The Balaban J connectivity index is 1.22. The third kappa shape index (κ3) is 4.28. The van der Waals surface area contributed by atoms with Crippen LogP contribution >= 0.6 is 0 Å². The molecule has 1 N–H and O–H groups in total. The number of hydrogen-bond donors (Lipinski definition) is 1. The molecule has 0 spiro atoms. The minimum Gasteiger partial charge on any atom is -0.490 e. The van der Waals surface area contributed by atoms with Crippen LogP contribution in [0.5, 0.6) is 5.75 Å². The van der Waals surface area contributed by atoms with Crippen molar-refractivity contribution in [3.05, 3.63) is 71.3 Å². The average molecular weight is 430 g/mol. The molecule has 0 aliphatic carbocycles. The third-order valence-corrected chi connectivity index (χ3v) is 6.14. The largest absolute Gasteiger partial charge is 0.490 e. The molecule has 1 saturated heterocycles. The molecule has 1 unspecified atom stereocenters. The van der Waals surface area contributed by atoms with E-state index < -0.39 is 0 Å². The van der Waals surface area contributed by atoms with Crippen LogP contribution in [0.2, 0.25) is 0 Å². The number of piperidine rings is 1. The second-order valence-corrected chi connectivity index (χ2v) is 8.64. The fraction of sp³-hybridized carbons (Fsp3) is 0.360. The standard InChI is InChI=1S/C25H27N5O2/c1-16-4-3-5-23(27-16)29-24-15-26-14-21(28-24)18-8-10-30(11-9-18)25(31)19-6-7-22-20(13-19)12-17(2)32-22/h3-7,13-15,17-18H,8-12H2,1-2H3,(H,27,28,29). The fourth-order valence-electron chi connectivity index (χ4n) is 4.50. The van der Waals surface area contributed by atoms with Gasteiger partial charge in [0, 0.05) is 42.9 Å². The maximum Gasteiger partial charge on any atom is 0.253 e. The predicted octanol–water partition coefficient (Wildman–Crippen LogP) is 4.27. The van der Waals surface area contributed by atoms with Gasteiger partial charge in [-0.25, -0.2) is 9.97 Å². The highest BCUT2D eigenvalue weighted by atomic mass is 16.5. The molecule has 7 heteroatoms. The topological polar surface area (TPSA) is 80.2 Å². The Morgan fingerprint density at radius 2 is 1.94 bits per heavy atom. The smallest absolute Gasteiger partial charge is 0.253 e. The lowest BCUT2D eigenvalue weighted by atomic mass is 9.93. The number of fused-ring (bicyclic) bond motifs is 1. The highest BCUT2D eigenvalue weighted by Crippen LogP contribution is 2.31. The number of carbonyl (C=O) groups excluding carboxylic acids is 1. The summed E-state index contributed by atoms with van der Waals surface area (Å²) >= 11 is 0. The number of aromatic nitrogens is 3. The van der Waals surface area contributed by atoms with Gasteiger partial charge in [-0.05, 0) is 62.6 Å². The van der Waals surface area contributed by atoms with Crippen LogP contribution in [-0.2, 0) is 6.42 Å². The van der Waals surface area contributed by atoms with Gasteiger partial charge in [0.1, 0.15) is 23.5 Å². The number of aryl methyl sites for hydroxylation is 1. The van der Waals surface area contributed by atoms with Crippen molar-refractivity contribution in [3.63, 3.8) is 0 Å². The Bertz CT molecular complexity index is 1140. The molecule has 1 atom stereocenters. The molecule has 2 aliphatic heterocycles. The van der Waals surface area contributed by atoms with Gasteiger partial charge < -0.3 is 15.0 Å². The zero-order valence-corrected chi connectivity index (χ0v) is 18.4. The summed E-state index contributed by atoms with van der Waals surface area (Å²) in [5, 5.41) is 3.24. The van der Waals surface area contributed by atoms with E-state index in [1.54, 1.807) is 6.20 Å². The van der Waals surface area contributed by atoms with Gasteiger partial charge in [-0.3, -0.25) is 9.78 Å². The summed E-state index contributed by atoms with van der Waals surface area (Å²) in [6, 6.07) is 11.6. The van der Waals surface area contributed by atoms with E-state index in [1.165, 1.54) is 0 Å². The van der Waals surface area contributed by atoms with Crippen molar-refractivity contribution in [1.29, 1.82) is 0 Å². The lowest BCUT2D eigenvalue weighted by Gasteiger charge is -2.32. The van der Waals surface area contributed by atoms with Gasteiger partial charge in [0.2, 0.25) is 0 Å². The van der Waals surface area contributed by atoms with Crippen molar-refractivity contribution in [3.8, 4) is 5.75 Å². The van der Waals surface area contributed by atoms with Gasteiger partial charge in [-0.1, -0.05) is 6.07 Å². The molecule has 3 aromatic rings. The van der Waals surface area contributed by atoms with E-state index in [0.717, 1.165) is 53.3 Å². The summed E-state index contributed by atoms with van der Waals surface area (Å²) in [6.45, 7) is 5.44.